The second kappa shape index (κ2) is 10.8. The number of benzene rings is 2. The van der Waals surface area contributed by atoms with Crippen molar-refractivity contribution in [3.63, 3.8) is 0 Å². The van der Waals surface area contributed by atoms with Gasteiger partial charge in [0.2, 0.25) is 0 Å². The van der Waals surface area contributed by atoms with Crippen molar-refractivity contribution in [3.8, 4) is 11.5 Å². The number of hydrogen-bond donors (Lipinski definition) is 3. The van der Waals surface area contributed by atoms with Gasteiger partial charge in [0.25, 0.3) is 0 Å². The summed E-state index contributed by atoms with van der Waals surface area (Å²) in [6, 6.07) is 13.5. The zero-order chi connectivity index (χ0) is 24.1. The van der Waals surface area contributed by atoms with E-state index >= 15 is 0 Å². The number of alkyl halides is 3. The molecule has 0 fully saturated rings. The van der Waals surface area contributed by atoms with Crippen LogP contribution >= 0.6 is 36.0 Å². The fourth-order valence-electron chi connectivity index (χ4n) is 3.84. The van der Waals surface area contributed by atoms with E-state index < -0.39 is 39.9 Å². The van der Waals surface area contributed by atoms with Gasteiger partial charge in [-0.3, -0.25) is 9.52 Å². The smallest absolute Gasteiger partial charge is 0.396 e. The van der Waals surface area contributed by atoms with Gasteiger partial charge in [-0.25, -0.2) is 0 Å². The average molecular weight is 508 g/mol. The molecule has 10 heteroatoms. The van der Waals surface area contributed by atoms with Crippen molar-refractivity contribution in [2.75, 3.05) is 0 Å². The van der Waals surface area contributed by atoms with Gasteiger partial charge in [-0.1, -0.05) is 80.2 Å². The van der Waals surface area contributed by atoms with Gasteiger partial charge in [-0.15, -0.1) is 0 Å². The predicted octanol–water partition coefficient (Wildman–Crippen LogP) is 7.18. The Labute approximate surface area is 199 Å². The number of hydrogen-bond acceptors (Lipinski definition) is 4. The highest BCUT2D eigenvalue weighted by Crippen LogP contribution is 2.54. The summed E-state index contributed by atoms with van der Waals surface area (Å²) < 4.78 is 50.1. The summed E-state index contributed by atoms with van der Waals surface area (Å²) in [7, 11) is 0. The molecule has 4 nitrogen and oxygen atoms in total. The van der Waals surface area contributed by atoms with Crippen molar-refractivity contribution in [3.05, 3.63) is 70.7 Å². The number of halogens is 5. The number of aliphatic carboxylic acids is 1. The SMILES string of the molecule is CC(C)C(C(=O)O)(C(NS)c1cccc(Oc2ccccc2)c1)C(C=C(Cl)Cl)C(F)(F)F. The number of thiol groups is 1. The number of nitrogens with one attached hydrogen (secondary N) is 1. The van der Waals surface area contributed by atoms with Gasteiger partial charge in [0.05, 0.1) is 12.0 Å². The lowest BCUT2D eigenvalue weighted by Crippen LogP contribution is -2.54. The topological polar surface area (TPSA) is 58.6 Å². The van der Waals surface area contributed by atoms with Crippen LogP contribution in [0.5, 0.6) is 11.5 Å². The van der Waals surface area contributed by atoms with Crippen molar-refractivity contribution in [1.29, 1.82) is 0 Å². The van der Waals surface area contributed by atoms with Gasteiger partial charge in [-0.2, -0.15) is 13.2 Å². The number of allylic oxidation sites excluding steroid dienone is 1. The minimum atomic E-state index is -4.96. The molecule has 0 saturated heterocycles. The first-order valence-corrected chi connectivity index (χ1v) is 10.7. The quantitative estimate of drug-likeness (QED) is 0.314. The highest BCUT2D eigenvalue weighted by atomic mass is 35.5. The maximum atomic E-state index is 14.2. The van der Waals surface area contributed by atoms with E-state index in [0.717, 1.165) is 0 Å². The Morgan fingerprint density at radius 2 is 1.69 bits per heavy atom. The molecule has 32 heavy (non-hydrogen) atoms. The Kier molecular flexibility index (Phi) is 8.93. The van der Waals surface area contributed by atoms with Crippen molar-refractivity contribution in [2.24, 2.45) is 17.3 Å². The number of carboxylic acids is 1. The van der Waals surface area contributed by atoms with E-state index in [0.29, 0.717) is 17.6 Å². The van der Waals surface area contributed by atoms with E-state index in [1.165, 1.54) is 26.0 Å². The van der Waals surface area contributed by atoms with Gasteiger partial charge >= 0.3 is 12.1 Å². The summed E-state index contributed by atoms with van der Waals surface area (Å²) in [5.74, 6) is -4.38. The number of carboxylic acid groups (broad SMARTS) is 1. The maximum Gasteiger partial charge on any atom is 0.396 e. The average Bonchev–Trinajstić information content (AvgIpc) is 2.70. The molecule has 0 saturated carbocycles. The van der Waals surface area contributed by atoms with Crippen molar-refractivity contribution >= 4 is 42.0 Å². The van der Waals surface area contributed by atoms with Crippen LogP contribution in [0.4, 0.5) is 13.2 Å². The summed E-state index contributed by atoms with van der Waals surface area (Å²) in [4.78, 5) is 12.6. The van der Waals surface area contributed by atoms with Gasteiger partial charge in [-0.05, 0) is 41.8 Å². The lowest BCUT2D eigenvalue weighted by Gasteiger charge is -2.45. The van der Waals surface area contributed by atoms with E-state index in [1.807, 2.05) is 0 Å². The molecule has 0 spiro atoms. The molecule has 2 aromatic carbocycles. The van der Waals surface area contributed by atoms with Crippen LogP contribution in [0, 0.1) is 17.3 Å². The third-order valence-electron chi connectivity index (χ3n) is 5.26. The molecule has 0 aliphatic heterocycles. The van der Waals surface area contributed by atoms with Gasteiger partial charge in [0.1, 0.15) is 21.4 Å². The van der Waals surface area contributed by atoms with Crippen LogP contribution in [-0.4, -0.2) is 17.3 Å². The summed E-state index contributed by atoms with van der Waals surface area (Å²) in [6.07, 6.45) is -4.45. The minimum Gasteiger partial charge on any atom is -0.481 e. The second-order valence-electron chi connectivity index (χ2n) is 7.42. The molecule has 3 atom stereocenters. The van der Waals surface area contributed by atoms with Crippen molar-refractivity contribution in [2.45, 2.75) is 26.1 Å². The summed E-state index contributed by atoms with van der Waals surface area (Å²) in [5.41, 5.74) is -2.21. The van der Waals surface area contributed by atoms with E-state index in [2.05, 4.69) is 17.5 Å². The molecular formula is C22H22Cl2F3NO3S. The van der Waals surface area contributed by atoms with Crippen molar-refractivity contribution < 1.29 is 27.8 Å². The molecule has 0 bridgehead atoms. The maximum absolute atomic E-state index is 14.2. The first-order valence-electron chi connectivity index (χ1n) is 9.50. The molecule has 0 radical (unpaired) electrons. The van der Waals surface area contributed by atoms with E-state index in [4.69, 9.17) is 27.9 Å². The summed E-state index contributed by atoms with van der Waals surface area (Å²) in [5, 5.41) is 10.2. The molecule has 0 aliphatic rings. The fourth-order valence-corrected chi connectivity index (χ4v) is 4.46. The third-order valence-corrected chi connectivity index (χ3v) is 5.77. The van der Waals surface area contributed by atoms with Crippen LogP contribution in [0.2, 0.25) is 0 Å². The normalized spacial score (nSPS) is 15.5. The first-order chi connectivity index (χ1) is 14.9. The third kappa shape index (κ3) is 5.73. The fraction of sp³-hybridized carbons (Fsp3) is 0.318. The standard InChI is InChI=1S/C22H22Cl2F3NO3S/c1-13(2)21(20(29)30,17(12-18(23)24)22(25,26)27)19(28-32)14-7-6-10-16(11-14)31-15-8-4-3-5-9-15/h3-13,17,19,28,32H,1-2H3,(H,29,30). The predicted molar refractivity (Wildman–Crippen MR) is 122 cm³/mol. The number of para-hydroxylation sites is 1. The molecular weight excluding hydrogens is 486 g/mol. The van der Waals surface area contributed by atoms with Crippen molar-refractivity contribution in [1.82, 2.24) is 4.72 Å². The van der Waals surface area contributed by atoms with Gasteiger partial charge in [0, 0.05) is 0 Å². The lowest BCUT2D eigenvalue weighted by molar-refractivity contribution is -0.214. The highest BCUT2D eigenvalue weighted by molar-refractivity contribution is 7.78. The lowest BCUT2D eigenvalue weighted by atomic mass is 9.61. The summed E-state index contributed by atoms with van der Waals surface area (Å²) >= 11 is 15.2. The van der Waals surface area contributed by atoms with E-state index in [-0.39, 0.29) is 5.56 Å². The molecule has 0 aromatic heterocycles. The number of carbonyl (C=O) groups is 1. The van der Waals surface area contributed by atoms with Crippen LogP contribution in [0.25, 0.3) is 0 Å². The first kappa shape index (κ1) is 26.4. The van der Waals surface area contributed by atoms with E-state index in [1.54, 1.807) is 42.5 Å². The Bertz CT molecular complexity index is 953. The summed E-state index contributed by atoms with van der Waals surface area (Å²) in [6.45, 7) is 2.79. The highest BCUT2D eigenvalue weighted by Gasteiger charge is 2.62. The van der Waals surface area contributed by atoms with Gasteiger partial charge < -0.3 is 9.84 Å². The molecule has 174 valence electrons. The van der Waals surface area contributed by atoms with E-state index in [9.17, 15) is 23.1 Å². The molecule has 3 unspecified atom stereocenters. The van der Waals surface area contributed by atoms with Gasteiger partial charge in [0.15, 0.2) is 0 Å². The zero-order valence-electron chi connectivity index (χ0n) is 17.1. The van der Waals surface area contributed by atoms with Crippen LogP contribution in [0.15, 0.2) is 65.2 Å². The molecule has 2 rings (SSSR count). The Morgan fingerprint density at radius 1 is 1.09 bits per heavy atom. The molecule has 2 aromatic rings. The molecule has 0 amide bonds. The van der Waals surface area contributed by atoms with Crippen LogP contribution in [0.1, 0.15) is 25.5 Å². The Hall–Kier alpha value is -1.87. The largest absolute Gasteiger partial charge is 0.481 e. The Balaban J connectivity index is 2.68. The number of ether oxygens (including phenoxy) is 1. The van der Waals surface area contributed by atoms with Crippen LogP contribution in [0.3, 0.4) is 0 Å². The molecule has 0 aliphatic carbocycles. The zero-order valence-corrected chi connectivity index (χ0v) is 19.5. The minimum absolute atomic E-state index is 0.234. The monoisotopic (exact) mass is 507 g/mol. The van der Waals surface area contributed by atoms with Crippen LogP contribution in [-0.2, 0) is 4.79 Å². The molecule has 0 heterocycles. The Morgan fingerprint density at radius 3 is 2.16 bits per heavy atom. The van der Waals surface area contributed by atoms with Crippen LogP contribution < -0.4 is 9.46 Å². The number of rotatable bonds is 9. The molecule has 2 N–H and O–H groups in total. The second-order valence-corrected chi connectivity index (χ2v) is 8.68.